The largest absolute Gasteiger partial charge is 0.504 e. The summed E-state index contributed by atoms with van der Waals surface area (Å²) in [5, 5.41) is 19.2. The fourth-order valence-electron chi connectivity index (χ4n) is 3.00. The number of hydrogen-bond donors (Lipinski definition) is 2. The first-order valence-electron chi connectivity index (χ1n) is 8.07. The van der Waals surface area contributed by atoms with Gasteiger partial charge in [-0.05, 0) is 43.2 Å². The average Bonchev–Trinajstić information content (AvgIpc) is 2.61. The molecular formula is C21H18N2O3. The number of aromatic hydroxyl groups is 1. The van der Waals surface area contributed by atoms with Gasteiger partial charge in [-0.3, -0.25) is 4.79 Å². The quantitative estimate of drug-likeness (QED) is 0.753. The van der Waals surface area contributed by atoms with Crippen molar-refractivity contribution >= 4 is 0 Å². The summed E-state index contributed by atoms with van der Waals surface area (Å²) in [4.78, 5) is 15.3. The highest BCUT2D eigenvalue weighted by molar-refractivity contribution is 5.77. The van der Waals surface area contributed by atoms with Gasteiger partial charge in [0.05, 0.1) is 7.11 Å². The van der Waals surface area contributed by atoms with Crippen molar-refractivity contribution in [3.63, 3.8) is 0 Å². The number of pyridine rings is 1. The molecule has 130 valence electrons. The van der Waals surface area contributed by atoms with Crippen LogP contribution in [0.4, 0.5) is 0 Å². The maximum Gasteiger partial charge on any atom is 0.266 e. The molecule has 0 bridgehead atoms. The number of nitrogens with one attached hydrogen (secondary N) is 1. The molecule has 0 fully saturated rings. The summed E-state index contributed by atoms with van der Waals surface area (Å²) in [6, 6.07) is 14.4. The molecule has 2 N–H and O–H groups in total. The number of aryl methyl sites for hydroxylation is 2. The van der Waals surface area contributed by atoms with Crippen LogP contribution in [-0.2, 0) is 0 Å². The van der Waals surface area contributed by atoms with Gasteiger partial charge in [-0.25, -0.2) is 0 Å². The Morgan fingerprint density at radius 2 is 1.85 bits per heavy atom. The predicted molar refractivity (Wildman–Crippen MR) is 100 cm³/mol. The molecule has 0 aliphatic heterocycles. The Morgan fingerprint density at radius 3 is 2.50 bits per heavy atom. The summed E-state index contributed by atoms with van der Waals surface area (Å²) in [6.45, 7) is 3.98. The second-order valence-corrected chi connectivity index (χ2v) is 6.12. The van der Waals surface area contributed by atoms with Gasteiger partial charge in [-0.15, -0.1) is 0 Å². The van der Waals surface area contributed by atoms with E-state index >= 15 is 0 Å². The highest BCUT2D eigenvalue weighted by atomic mass is 16.5. The average molecular weight is 346 g/mol. The standard InChI is InChI=1S/C21H18N2O3/c1-12-4-6-15(13(2)8-12)18-10-16(17(11-22)21(25)23-18)14-5-7-19(24)20(9-14)26-3/h4-10,24H,1-3H3,(H,23,25). The van der Waals surface area contributed by atoms with Gasteiger partial charge in [0.2, 0.25) is 0 Å². The van der Waals surface area contributed by atoms with Crippen LogP contribution in [0, 0.1) is 25.2 Å². The van der Waals surface area contributed by atoms with Gasteiger partial charge < -0.3 is 14.8 Å². The summed E-state index contributed by atoms with van der Waals surface area (Å²) in [6.07, 6.45) is 0. The lowest BCUT2D eigenvalue weighted by atomic mass is 9.96. The van der Waals surface area contributed by atoms with Crippen LogP contribution in [0.5, 0.6) is 11.5 Å². The van der Waals surface area contributed by atoms with E-state index in [1.54, 1.807) is 18.2 Å². The summed E-state index contributed by atoms with van der Waals surface area (Å²) in [5.74, 6) is 0.272. The van der Waals surface area contributed by atoms with E-state index in [0.717, 1.165) is 16.7 Å². The van der Waals surface area contributed by atoms with Crippen molar-refractivity contribution < 1.29 is 9.84 Å². The maximum absolute atomic E-state index is 12.5. The van der Waals surface area contributed by atoms with E-state index in [1.807, 2.05) is 38.1 Å². The Morgan fingerprint density at radius 1 is 1.08 bits per heavy atom. The van der Waals surface area contributed by atoms with Crippen molar-refractivity contribution in [1.29, 1.82) is 5.26 Å². The summed E-state index contributed by atoms with van der Waals surface area (Å²) < 4.78 is 5.14. The minimum Gasteiger partial charge on any atom is -0.504 e. The third-order valence-electron chi connectivity index (χ3n) is 4.31. The van der Waals surface area contributed by atoms with Gasteiger partial charge in [0, 0.05) is 16.8 Å². The molecule has 3 aromatic rings. The van der Waals surface area contributed by atoms with E-state index in [2.05, 4.69) is 4.98 Å². The second-order valence-electron chi connectivity index (χ2n) is 6.12. The van der Waals surface area contributed by atoms with Gasteiger partial charge in [0.15, 0.2) is 11.5 Å². The molecule has 0 aliphatic rings. The molecule has 0 aliphatic carbocycles. The van der Waals surface area contributed by atoms with Crippen molar-refractivity contribution in [3.05, 3.63) is 69.5 Å². The van der Waals surface area contributed by atoms with Crippen molar-refractivity contribution in [2.24, 2.45) is 0 Å². The van der Waals surface area contributed by atoms with Crippen molar-refractivity contribution in [3.8, 4) is 40.0 Å². The maximum atomic E-state index is 12.5. The van der Waals surface area contributed by atoms with Crippen molar-refractivity contribution in [2.75, 3.05) is 7.11 Å². The first-order chi connectivity index (χ1) is 12.4. The first-order valence-corrected chi connectivity index (χ1v) is 8.07. The molecule has 2 aromatic carbocycles. The molecule has 5 nitrogen and oxygen atoms in total. The van der Waals surface area contributed by atoms with Crippen LogP contribution in [0.25, 0.3) is 22.4 Å². The van der Waals surface area contributed by atoms with E-state index in [-0.39, 0.29) is 17.1 Å². The lowest BCUT2D eigenvalue weighted by Crippen LogP contribution is -2.13. The third kappa shape index (κ3) is 3.05. The molecule has 0 saturated carbocycles. The fourth-order valence-corrected chi connectivity index (χ4v) is 3.00. The molecular weight excluding hydrogens is 328 g/mol. The number of benzene rings is 2. The molecule has 0 atom stereocenters. The zero-order valence-electron chi connectivity index (χ0n) is 14.8. The van der Waals surface area contributed by atoms with E-state index in [0.29, 0.717) is 16.8 Å². The van der Waals surface area contributed by atoms with Gasteiger partial charge in [0.25, 0.3) is 5.56 Å². The lowest BCUT2D eigenvalue weighted by molar-refractivity contribution is 0.373. The summed E-state index contributed by atoms with van der Waals surface area (Å²) >= 11 is 0. The molecule has 3 rings (SSSR count). The van der Waals surface area contributed by atoms with E-state index in [1.165, 1.54) is 13.2 Å². The number of aromatic amines is 1. The second kappa shape index (κ2) is 6.77. The SMILES string of the molecule is COc1cc(-c2cc(-c3ccc(C)cc3C)[nH]c(=O)c2C#N)ccc1O. The Labute approximate surface area is 151 Å². The molecule has 0 amide bonds. The number of hydrogen-bond acceptors (Lipinski definition) is 4. The first kappa shape index (κ1) is 17.3. The highest BCUT2D eigenvalue weighted by Crippen LogP contribution is 2.34. The molecule has 0 saturated heterocycles. The van der Waals surface area contributed by atoms with Crippen LogP contribution in [0.3, 0.4) is 0 Å². The Kier molecular flexibility index (Phi) is 4.51. The third-order valence-corrected chi connectivity index (χ3v) is 4.31. The molecule has 1 heterocycles. The van der Waals surface area contributed by atoms with Gasteiger partial charge in [-0.1, -0.05) is 29.8 Å². The van der Waals surface area contributed by atoms with E-state index < -0.39 is 5.56 Å². The minimum absolute atomic E-state index is 0.00537. The smallest absolute Gasteiger partial charge is 0.266 e. The lowest BCUT2D eigenvalue weighted by Gasteiger charge is -2.12. The Balaban J connectivity index is 2.27. The Bertz CT molecular complexity index is 1090. The number of phenolic OH excluding ortho intramolecular Hbond substituents is 1. The molecule has 0 spiro atoms. The van der Waals surface area contributed by atoms with Crippen molar-refractivity contribution in [1.82, 2.24) is 4.98 Å². The van der Waals surface area contributed by atoms with Crippen LogP contribution in [-0.4, -0.2) is 17.2 Å². The molecule has 0 radical (unpaired) electrons. The van der Waals surface area contributed by atoms with Crippen molar-refractivity contribution in [2.45, 2.75) is 13.8 Å². The number of nitriles is 1. The number of phenols is 1. The number of aromatic nitrogens is 1. The van der Waals surface area contributed by atoms with Crippen LogP contribution >= 0.6 is 0 Å². The van der Waals surface area contributed by atoms with E-state index in [9.17, 15) is 15.2 Å². The molecule has 1 aromatic heterocycles. The zero-order chi connectivity index (χ0) is 18.8. The van der Waals surface area contributed by atoms with Gasteiger partial charge in [0.1, 0.15) is 11.6 Å². The number of ether oxygens (including phenoxy) is 1. The summed E-state index contributed by atoms with van der Waals surface area (Å²) in [5.41, 5.74) is 4.36. The predicted octanol–water partition coefficient (Wildman–Crippen LogP) is 3.91. The van der Waals surface area contributed by atoms with Crippen LogP contribution in [0.1, 0.15) is 16.7 Å². The topological polar surface area (TPSA) is 86.1 Å². The number of rotatable bonds is 3. The van der Waals surface area contributed by atoms with Gasteiger partial charge in [-0.2, -0.15) is 5.26 Å². The highest BCUT2D eigenvalue weighted by Gasteiger charge is 2.15. The van der Waals surface area contributed by atoms with E-state index in [4.69, 9.17) is 4.74 Å². The zero-order valence-corrected chi connectivity index (χ0v) is 14.8. The minimum atomic E-state index is -0.452. The number of nitrogens with zero attached hydrogens (tertiary/aromatic N) is 1. The fraction of sp³-hybridized carbons (Fsp3) is 0.143. The Hall–Kier alpha value is -3.52. The number of methoxy groups -OCH3 is 1. The number of H-pyrrole nitrogens is 1. The molecule has 26 heavy (non-hydrogen) atoms. The van der Waals surface area contributed by atoms with Crippen LogP contribution in [0.2, 0.25) is 0 Å². The normalized spacial score (nSPS) is 10.4. The van der Waals surface area contributed by atoms with Gasteiger partial charge >= 0.3 is 0 Å². The molecule has 5 heteroatoms. The van der Waals surface area contributed by atoms with Crippen LogP contribution < -0.4 is 10.3 Å². The van der Waals surface area contributed by atoms with Crippen LogP contribution in [0.15, 0.2) is 47.3 Å². The summed E-state index contributed by atoms with van der Waals surface area (Å²) in [7, 11) is 1.45. The molecule has 0 unspecified atom stereocenters. The monoisotopic (exact) mass is 346 g/mol.